The summed E-state index contributed by atoms with van der Waals surface area (Å²) in [5, 5.41) is 12.4. The molecule has 2 aromatic rings. The van der Waals surface area contributed by atoms with Crippen LogP contribution in [0.1, 0.15) is 30.9 Å². The van der Waals surface area contributed by atoms with E-state index in [0.29, 0.717) is 6.42 Å². The third-order valence-electron chi connectivity index (χ3n) is 3.76. The number of aryl methyl sites for hydroxylation is 1. The van der Waals surface area contributed by atoms with Crippen LogP contribution in [0.2, 0.25) is 0 Å². The molecule has 0 heterocycles. The first-order valence-electron chi connectivity index (χ1n) is 7.78. The molecule has 0 aliphatic rings. The molecule has 22 heavy (non-hydrogen) atoms. The number of hydrogen-bond acceptors (Lipinski definition) is 2. The molecule has 3 heteroatoms. The molecular weight excluding hydrogens is 274 g/mol. The van der Waals surface area contributed by atoms with Gasteiger partial charge in [-0.15, -0.1) is 0 Å². The van der Waals surface area contributed by atoms with E-state index in [1.165, 1.54) is 5.56 Å². The Morgan fingerprint density at radius 1 is 1.05 bits per heavy atom. The van der Waals surface area contributed by atoms with Crippen LogP contribution in [0, 0.1) is 0 Å². The lowest BCUT2D eigenvalue weighted by atomic mass is 10.0. The van der Waals surface area contributed by atoms with Crippen LogP contribution in [0.4, 0.5) is 0 Å². The summed E-state index contributed by atoms with van der Waals surface area (Å²) >= 11 is 0. The third kappa shape index (κ3) is 5.24. The number of phenolic OH excluding ortho intramolecular Hbond substituents is 1. The van der Waals surface area contributed by atoms with E-state index in [1.54, 1.807) is 12.1 Å². The first kappa shape index (κ1) is 16.1. The first-order valence-corrected chi connectivity index (χ1v) is 7.78. The average molecular weight is 297 g/mol. The zero-order chi connectivity index (χ0) is 15.8. The van der Waals surface area contributed by atoms with E-state index in [0.717, 1.165) is 24.8 Å². The average Bonchev–Trinajstić information content (AvgIpc) is 2.55. The molecule has 2 rings (SSSR count). The summed E-state index contributed by atoms with van der Waals surface area (Å²) < 4.78 is 0. The fourth-order valence-electron chi connectivity index (χ4n) is 2.42. The highest BCUT2D eigenvalue weighted by Gasteiger charge is 2.11. The maximum Gasteiger partial charge on any atom is 0.220 e. The van der Waals surface area contributed by atoms with Gasteiger partial charge >= 0.3 is 0 Å². The fraction of sp³-hybridized carbons (Fsp3) is 0.316. The monoisotopic (exact) mass is 297 g/mol. The smallest absolute Gasteiger partial charge is 0.220 e. The fourth-order valence-corrected chi connectivity index (χ4v) is 2.42. The number of rotatable bonds is 7. The standard InChI is InChI=1S/C19H23NO2/c1-2-17(14-16-8-11-18(21)12-9-16)20-19(22)13-10-15-6-4-3-5-7-15/h3-9,11-12,17,21H,2,10,13-14H2,1H3,(H,20,22). The molecule has 0 saturated carbocycles. The predicted molar refractivity (Wildman–Crippen MR) is 88.8 cm³/mol. The molecule has 1 atom stereocenters. The number of phenols is 1. The number of hydrogen-bond donors (Lipinski definition) is 2. The second-order valence-electron chi connectivity index (χ2n) is 5.53. The zero-order valence-corrected chi connectivity index (χ0v) is 13.0. The third-order valence-corrected chi connectivity index (χ3v) is 3.76. The summed E-state index contributed by atoms with van der Waals surface area (Å²) in [6.45, 7) is 2.07. The van der Waals surface area contributed by atoms with Gasteiger partial charge in [0.25, 0.3) is 0 Å². The van der Waals surface area contributed by atoms with Crippen molar-refractivity contribution < 1.29 is 9.90 Å². The maximum absolute atomic E-state index is 12.1. The van der Waals surface area contributed by atoms with E-state index < -0.39 is 0 Å². The summed E-state index contributed by atoms with van der Waals surface area (Å²) in [5.74, 6) is 0.359. The summed E-state index contributed by atoms with van der Waals surface area (Å²) in [4.78, 5) is 12.1. The van der Waals surface area contributed by atoms with Crippen LogP contribution >= 0.6 is 0 Å². The zero-order valence-electron chi connectivity index (χ0n) is 13.0. The Morgan fingerprint density at radius 3 is 2.36 bits per heavy atom. The lowest BCUT2D eigenvalue weighted by Crippen LogP contribution is -2.36. The summed E-state index contributed by atoms with van der Waals surface area (Å²) in [5.41, 5.74) is 2.30. The predicted octanol–water partition coefficient (Wildman–Crippen LogP) is 3.46. The Morgan fingerprint density at radius 2 is 1.73 bits per heavy atom. The summed E-state index contributed by atoms with van der Waals surface area (Å²) in [7, 11) is 0. The van der Waals surface area contributed by atoms with E-state index in [9.17, 15) is 9.90 Å². The van der Waals surface area contributed by atoms with Crippen LogP contribution < -0.4 is 5.32 Å². The minimum Gasteiger partial charge on any atom is -0.508 e. The van der Waals surface area contributed by atoms with Gasteiger partial charge in [0.15, 0.2) is 0 Å². The molecule has 2 aromatic carbocycles. The Labute approximate surface area is 132 Å². The number of carbonyl (C=O) groups excluding carboxylic acids is 1. The number of amides is 1. The highest BCUT2D eigenvalue weighted by atomic mass is 16.3. The largest absolute Gasteiger partial charge is 0.508 e. The van der Waals surface area contributed by atoms with Crippen molar-refractivity contribution in [3.8, 4) is 5.75 Å². The molecule has 2 N–H and O–H groups in total. The van der Waals surface area contributed by atoms with Gasteiger partial charge in [-0.1, -0.05) is 49.4 Å². The van der Waals surface area contributed by atoms with Crippen molar-refractivity contribution in [3.05, 3.63) is 65.7 Å². The molecule has 0 aromatic heterocycles. The Bertz CT molecular complexity index is 578. The van der Waals surface area contributed by atoms with E-state index in [1.807, 2.05) is 42.5 Å². The molecule has 3 nitrogen and oxygen atoms in total. The van der Waals surface area contributed by atoms with Gasteiger partial charge in [-0.2, -0.15) is 0 Å². The minimum absolute atomic E-state index is 0.0921. The number of nitrogens with one attached hydrogen (secondary N) is 1. The molecule has 0 spiro atoms. The van der Waals surface area contributed by atoms with Crippen LogP contribution in [0.3, 0.4) is 0 Å². The summed E-state index contributed by atoms with van der Waals surface area (Å²) in [6.07, 6.45) is 2.95. The van der Waals surface area contributed by atoms with Crippen molar-refractivity contribution in [2.75, 3.05) is 0 Å². The van der Waals surface area contributed by atoms with E-state index in [4.69, 9.17) is 0 Å². The molecule has 1 unspecified atom stereocenters. The maximum atomic E-state index is 12.1. The number of benzene rings is 2. The Kier molecular flexibility index (Phi) is 6.01. The van der Waals surface area contributed by atoms with Gasteiger partial charge < -0.3 is 10.4 Å². The van der Waals surface area contributed by atoms with E-state index in [-0.39, 0.29) is 17.7 Å². The van der Waals surface area contributed by atoms with Crippen molar-refractivity contribution in [1.82, 2.24) is 5.32 Å². The molecule has 0 bridgehead atoms. The van der Waals surface area contributed by atoms with E-state index in [2.05, 4.69) is 12.2 Å². The molecule has 0 radical (unpaired) electrons. The van der Waals surface area contributed by atoms with Crippen LogP contribution in [0.15, 0.2) is 54.6 Å². The first-order chi connectivity index (χ1) is 10.7. The van der Waals surface area contributed by atoms with Crippen molar-refractivity contribution >= 4 is 5.91 Å². The second-order valence-corrected chi connectivity index (χ2v) is 5.53. The van der Waals surface area contributed by atoms with E-state index >= 15 is 0 Å². The van der Waals surface area contributed by atoms with Gasteiger partial charge in [-0.05, 0) is 42.5 Å². The van der Waals surface area contributed by atoms with Gasteiger partial charge in [0.05, 0.1) is 0 Å². The summed E-state index contributed by atoms with van der Waals surface area (Å²) in [6, 6.07) is 17.3. The van der Waals surface area contributed by atoms with Crippen molar-refractivity contribution in [2.45, 2.75) is 38.6 Å². The second kappa shape index (κ2) is 8.23. The highest BCUT2D eigenvalue weighted by Crippen LogP contribution is 2.12. The molecule has 116 valence electrons. The topological polar surface area (TPSA) is 49.3 Å². The van der Waals surface area contributed by atoms with Crippen LogP contribution in [-0.4, -0.2) is 17.1 Å². The van der Waals surface area contributed by atoms with Crippen molar-refractivity contribution in [1.29, 1.82) is 0 Å². The van der Waals surface area contributed by atoms with Crippen molar-refractivity contribution in [2.24, 2.45) is 0 Å². The normalized spacial score (nSPS) is 11.9. The molecule has 0 aliphatic heterocycles. The Hall–Kier alpha value is -2.29. The van der Waals surface area contributed by atoms with Gasteiger partial charge in [0.1, 0.15) is 5.75 Å². The lowest BCUT2D eigenvalue weighted by Gasteiger charge is -2.17. The molecule has 0 fully saturated rings. The lowest BCUT2D eigenvalue weighted by molar-refractivity contribution is -0.121. The highest BCUT2D eigenvalue weighted by molar-refractivity contribution is 5.76. The van der Waals surface area contributed by atoms with Crippen molar-refractivity contribution in [3.63, 3.8) is 0 Å². The minimum atomic E-state index is 0.0921. The van der Waals surface area contributed by atoms with Crippen LogP contribution in [-0.2, 0) is 17.6 Å². The van der Waals surface area contributed by atoms with Crippen LogP contribution in [0.25, 0.3) is 0 Å². The van der Waals surface area contributed by atoms with Gasteiger partial charge in [-0.25, -0.2) is 0 Å². The molecule has 0 saturated heterocycles. The SMILES string of the molecule is CCC(Cc1ccc(O)cc1)NC(=O)CCc1ccccc1. The number of aromatic hydroxyl groups is 1. The molecule has 0 aliphatic carbocycles. The number of carbonyl (C=O) groups is 1. The van der Waals surface area contributed by atoms with Gasteiger partial charge in [0.2, 0.25) is 5.91 Å². The Balaban J connectivity index is 1.81. The van der Waals surface area contributed by atoms with Gasteiger partial charge in [-0.3, -0.25) is 4.79 Å². The van der Waals surface area contributed by atoms with Crippen LogP contribution in [0.5, 0.6) is 5.75 Å². The molecular formula is C19H23NO2. The quantitative estimate of drug-likeness (QED) is 0.822. The van der Waals surface area contributed by atoms with Gasteiger partial charge in [0, 0.05) is 12.5 Å². The molecule has 1 amide bonds.